The van der Waals surface area contributed by atoms with E-state index in [2.05, 4.69) is 23.9 Å². The van der Waals surface area contributed by atoms with E-state index in [0.717, 1.165) is 0 Å². The van der Waals surface area contributed by atoms with Crippen LogP contribution in [0.3, 0.4) is 0 Å². The first-order valence-corrected chi connectivity index (χ1v) is 5.38. The molecule has 1 heterocycles. The van der Waals surface area contributed by atoms with Crippen LogP contribution >= 0.6 is 11.8 Å². The lowest BCUT2D eigenvalue weighted by molar-refractivity contribution is 0.812. The highest BCUT2D eigenvalue weighted by molar-refractivity contribution is 7.99. The zero-order chi connectivity index (χ0) is 7.07. The SMILES string of the molecule is C1=C/CCCSCCCC/1. The van der Waals surface area contributed by atoms with E-state index in [1.807, 2.05) is 0 Å². The molecule has 0 aromatic rings. The normalized spacial score (nSPS) is 25.6. The largest absolute Gasteiger partial charge is 0.162 e. The van der Waals surface area contributed by atoms with Crippen molar-refractivity contribution in [3.63, 3.8) is 0 Å². The van der Waals surface area contributed by atoms with E-state index in [9.17, 15) is 0 Å². The average Bonchev–Trinajstić information content (AvgIpc) is 2.01. The Labute approximate surface area is 68.1 Å². The minimum absolute atomic E-state index is 1.30. The molecule has 1 aliphatic heterocycles. The summed E-state index contributed by atoms with van der Waals surface area (Å²) in [7, 11) is 0. The summed E-state index contributed by atoms with van der Waals surface area (Å²) >= 11 is 2.12. The molecule has 0 amide bonds. The minimum Gasteiger partial charge on any atom is -0.162 e. The second-order valence-corrected chi connectivity index (χ2v) is 3.95. The molecule has 0 nitrogen and oxygen atoms in total. The van der Waals surface area contributed by atoms with Gasteiger partial charge in [0.05, 0.1) is 0 Å². The van der Waals surface area contributed by atoms with E-state index in [-0.39, 0.29) is 0 Å². The van der Waals surface area contributed by atoms with Crippen LogP contribution in [0.5, 0.6) is 0 Å². The van der Waals surface area contributed by atoms with Gasteiger partial charge in [-0.15, -0.1) is 0 Å². The molecule has 0 N–H and O–H groups in total. The van der Waals surface area contributed by atoms with Crippen LogP contribution < -0.4 is 0 Å². The summed E-state index contributed by atoms with van der Waals surface area (Å²) in [4.78, 5) is 0. The van der Waals surface area contributed by atoms with Gasteiger partial charge >= 0.3 is 0 Å². The van der Waals surface area contributed by atoms with Gasteiger partial charge < -0.3 is 0 Å². The Morgan fingerprint density at radius 3 is 2.40 bits per heavy atom. The van der Waals surface area contributed by atoms with Crippen molar-refractivity contribution in [3.8, 4) is 0 Å². The Morgan fingerprint density at radius 2 is 1.50 bits per heavy atom. The van der Waals surface area contributed by atoms with Crippen LogP contribution in [0.15, 0.2) is 12.2 Å². The highest BCUT2D eigenvalue weighted by atomic mass is 32.2. The van der Waals surface area contributed by atoms with Gasteiger partial charge in [0.25, 0.3) is 0 Å². The topological polar surface area (TPSA) is 0 Å². The van der Waals surface area contributed by atoms with Gasteiger partial charge in [-0.05, 0) is 43.6 Å². The maximum Gasteiger partial charge on any atom is -0.00646 e. The van der Waals surface area contributed by atoms with Crippen LogP contribution in [0.2, 0.25) is 0 Å². The molecule has 0 aromatic heterocycles. The molecule has 0 aliphatic carbocycles. The number of hydrogen-bond acceptors (Lipinski definition) is 1. The lowest BCUT2D eigenvalue weighted by Gasteiger charge is -2.01. The third kappa shape index (κ3) is 3.99. The van der Waals surface area contributed by atoms with Gasteiger partial charge in [-0.1, -0.05) is 12.2 Å². The first kappa shape index (κ1) is 8.19. The highest BCUT2D eigenvalue weighted by Gasteiger charge is 1.91. The molecule has 0 saturated carbocycles. The summed E-state index contributed by atoms with van der Waals surface area (Å²) in [6, 6.07) is 0. The van der Waals surface area contributed by atoms with E-state index in [1.54, 1.807) is 0 Å². The molecule has 0 unspecified atom stereocenters. The summed E-state index contributed by atoms with van der Waals surface area (Å²) in [6.07, 6.45) is 11.5. The van der Waals surface area contributed by atoms with E-state index < -0.39 is 0 Å². The molecule has 10 heavy (non-hydrogen) atoms. The van der Waals surface area contributed by atoms with E-state index in [0.29, 0.717) is 0 Å². The Balaban J connectivity index is 2.13. The number of rotatable bonds is 0. The lowest BCUT2D eigenvalue weighted by atomic mass is 10.2. The van der Waals surface area contributed by atoms with Gasteiger partial charge in [-0.2, -0.15) is 11.8 Å². The Bertz CT molecular complexity index is 84.9. The maximum atomic E-state index is 2.34. The molecule has 0 spiro atoms. The van der Waals surface area contributed by atoms with Crippen molar-refractivity contribution in [2.45, 2.75) is 32.1 Å². The molecule has 1 heteroatoms. The third-order valence-corrected chi connectivity index (χ3v) is 2.89. The molecule has 0 bridgehead atoms. The van der Waals surface area contributed by atoms with Gasteiger partial charge in [-0.25, -0.2) is 0 Å². The van der Waals surface area contributed by atoms with Gasteiger partial charge in [0.2, 0.25) is 0 Å². The Kier molecular flexibility index (Phi) is 4.79. The summed E-state index contributed by atoms with van der Waals surface area (Å²) in [5, 5.41) is 0. The molecule has 0 aromatic carbocycles. The van der Waals surface area contributed by atoms with Gasteiger partial charge in [0, 0.05) is 0 Å². The number of thioether (sulfide) groups is 1. The Morgan fingerprint density at radius 1 is 0.800 bits per heavy atom. The lowest BCUT2D eigenvalue weighted by Crippen LogP contribution is -1.85. The van der Waals surface area contributed by atoms with Gasteiger partial charge in [0.1, 0.15) is 0 Å². The maximum absolute atomic E-state index is 2.34. The van der Waals surface area contributed by atoms with Crippen molar-refractivity contribution < 1.29 is 0 Å². The van der Waals surface area contributed by atoms with E-state index in [1.165, 1.54) is 43.6 Å². The summed E-state index contributed by atoms with van der Waals surface area (Å²) < 4.78 is 0. The molecule has 0 saturated heterocycles. The van der Waals surface area contributed by atoms with Crippen molar-refractivity contribution >= 4 is 11.8 Å². The Hall–Kier alpha value is 0.0900. The zero-order valence-electron chi connectivity index (χ0n) is 6.51. The molecular formula is C9H16S. The van der Waals surface area contributed by atoms with Gasteiger partial charge in [0.15, 0.2) is 0 Å². The van der Waals surface area contributed by atoms with Crippen molar-refractivity contribution in [1.29, 1.82) is 0 Å². The van der Waals surface area contributed by atoms with Gasteiger partial charge in [-0.3, -0.25) is 0 Å². The van der Waals surface area contributed by atoms with Crippen molar-refractivity contribution in [2.24, 2.45) is 0 Å². The van der Waals surface area contributed by atoms with Crippen LogP contribution in [0.4, 0.5) is 0 Å². The second kappa shape index (κ2) is 5.84. The fraction of sp³-hybridized carbons (Fsp3) is 0.778. The number of allylic oxidation sites excluding steroid dienone is 2. The monoisotopic (exact) mass is 156 g/mol. The third-order valence-electron chi connectivity index (χ3n) is 1.74. The quantitative estimate of drug-likeness (QED) is 0.485. The van der Waals surface area contributed by atoms with E-state index >= 15 is 0 Å². The molecule has 1 rings (SSSR count). The van der Waals surface area contributed by atoms with Crippen LogP contribution in [0, 0.1) is 0 Å². The first-order chi connectivity index (χ1) is 5.00. The smallest absolute Gasteiger partial charge is 0.00646 e. The fourth-order valence-corrected chi connectivity index (χ4v) is 2.09. The second-order valence-electron chi connectivity index (χ2n) is 2.72. The standard InChI is InChI=1S/C9H16S/c1-2-4-6-8-10-9-7-5-3-1/h1-2H,3-9H2/b2-1+. The predicted molar refractivity (Wildman–Crippen MR) is 49.6 cm³/mol. The molecule has 58 valence electrons. The van der Waals surface area contributed by atoms with Crippen molar-refractivity contribution in [3.05, 3.63) is 12.2 Å². The van der Waals surface area contributed by atoms with Crippen LogP contribution in [0.25, 0.3) is 0 Å². The minimum atomic E-state index is 1.30. The van der Waals surface area contributed by atoms with E-state index in [4.69, 9.17) is 0 Å². The van der Waals surface area contributed by atoms with Crippen molar-refractivity contribution in [2.75, 3.05) is 11.5 Å². The average molecular weight is 156 g/mol. The summed E-state index contributed by atoms with van der Waals surface area (Å²) in [5.41, 5.74) is 0. The predicted octanol–water partition coefficient (Wildman–Crippen LogP) is 3.24. The summed E-state index contributed by atoms with van der Waals surface area (Å²) in [6.45, 7) is 0. The summed E-state index contributed by atoms with van der Waals surface area (Å²) in [5.74, 6) is 2.75. The molecule has 0 fully saturated rings. The van der Waals surface area contributed by atoms with Crippen LogP contribution in [-0.4, -0.2) is 11.5 Å². The highest BCUT2D eigenvalue weighted by Crippen LogP contribution is 2.11. The zero-order valence-corrected chi connectivity index (χ0v) is 7.33. The molecule has 0 atom stereocenters. The number of hydrogen-bond donors (Lipinski definition) is 0. The molecule has 1 aliphatic rings. The molecular weight excluding hydrogens is 140 g/mol. The fourth-order valence-electron chi connectivity index (χ4n) is 1.11. The molecule has 0 radical (unpaired) electrons. The van der Waals surface area contributed by atoms with Crippen LogP contribution in [-0.2, 0) is 0 Å². The van der Waals surface area contributed by atoms with Crippen LogP contribution in [0.1, 0.15) is 32.1 Å². The van der Waals surface area contributed by atoms with Crippen molar-refractivity contribution in [1.82, 2.24) is 0 Å². The first-order valence-electron chi connectivity index (χ1n) is 4.23.